The third-order valence-corrected chi connectivity index (χ3v) is 3.21. The summed E-state index contributed by atoms with van der Waals surface area (Å²) in [6.07, 6.45) is 5.16. The van der Waals surface area contributed by atoms with Crippen LogP contribution in [0.4, 0.5) is 0 Å². The van der Waals surface area contributed by atoms with E-state index in [2.05, 4.69) is 10.6 Å². The van der Waals surface area contributed by atoms with Crippen molar-refractivity contribution < 1.29 is 9.53 Å². The molecule has 0 aromatic carbocycles. The molecule has 1 aliphatic heterocycles. The van der Waals surface area contributed by atoms with Crippen LogP contribution in [0.15, 0.2) is 0 Å². The molecule has 4 nitrogen and oxygen atoms in total. The van der Waals surface area contributed by atoms with Gasteiger partial charge in [-0.2, -0.15) is 11.8 Å². The van der Waals surface area contributed by atoms with Gasteiger partial charge in [0, 0.05) is 18.7 Å². The number of carbonyl (C=O) groups excluding carboxylic acids is 1. The zero-order valence-corrected chi connectivity index (χ0v) is 10.8. The first-order chi connectivity index (χ1) is 7.83. The number of hydrogen-bond acceptors (Lipinski definition) is 4. The Hall–Kier alpha value is -0.260. The van der Waals surface area contributed by atoms with Gasteiger partial charge in [-0.1, -0.05) is 0 Å². The summed E-state index contributed by atoms with van der Waals surface area (Å²) in [5.41, 5.74) is 0. The maximum Gasteiger partial charge on any atom is 0.220 e. The van der Waals surface area contributed by atoms with Crippen molar-refractivity contribution in [3.05, 3.63) is 0 Å². The maximum atomic E-state index is 11.3. The van der Waals surface area contributed by atoms with Crippen LogP contribution >= 0.6 is 11.8 Å². The van der Waals surface area contributed by atoms with Gasteiger partial charge in [0.05, 0.1) is 12.7 Å². The predicted molar refractivity (Wildman–Crippen MR) is 67.9 cm³/mol. The molecule has 16 heavy (non-hydrogen) atoms. The molecule has 1 saturated heterocycles. The summed E-state index contributed by atoms with van der Waals surface area (Å²) in [7, 11) is 0. The summed E-state index contributed by atoms with van der Waals surface area (Å²) >= 11 is 1.69. The van der Waals surface area contributed by atoms with E-state index in [1.54, 1.807) is 11.8 Å². The zero-order chi connectivity index (χ0) is 11.6. The Kier molecular flexibility index (Phi) is 7.63. The number of carbonyl (C=O) groups is 1. The number of ether oxygens (including phenoxy) is 1. The van der Waals surface area contributed by atoms with Gasteiger partial charge in [-0.3, -0.25) is 4.79 Å². The zero-order valence-electron chi connectivity index (χ0n) is 9.96. The molecule has 5 heteroatoms. The molecule has 1 aliphatic rings. The molecule has 1 heterocycles. The summed E-state index contributed by atoms with van der Waals surface area (Å²) in [6, 6.07) is 0. The van der Waals surface area contributed by atoms with Gasteiger partial charge in [0.2, 0.25) is 5.91 Å². The Morgan fingerprint density at radius 3 is 2.94 bits per heavy atom. The highest BCUT2D eigenvalue weighted by Gasteiger charge is 2.12. The second kappa shape index (κ2) is 8.84. The van der Waals surface area contributed by atoms with Crippen LogP contribution in [0.1, 0.15) is 19.3 Å². The first-order valence-corrected chi connectivity index (χ1v) is 7.30. The summed E-state index contributed by atoms with van der Waals surface area (Å²) < 4.78 is 5.68. The molecule has 1 rings (SSSR count). The maximum absolute atomic E-state index is 11.3. The number of hydrogen-bond donors (Lipinski definition) is 2. The molecule has 0 spiro atoms. The summed E-state index contributed by atoms with van der Waals surface area (Å²) in [5, 5.41) is 6.16. The van der Waals surface area contributed by atoms with E-state index in [1.807, 2.05) is 6.26 Å². The molecule has 1 fully saturated rings. The quantitative estimate of drug-likeness (QED) is 0.647. The van der Waals surface area contributed by atoms with Crippen molar-refractivity contribution in [3.63, 3.8) is 0 Å². The van der Waals surface area contributed by atoms with Crippen molar-refractivity contribution in [2.24, 2.45) is 0 Å². The van der Waals surface area contributed by atoms with Crippen molar-refractivity contribution in [1.29, 1.82) is 0 Å². The van der Waals surface area contributed by atoms with E-state index in [9.17, 15) is 4.79 Å². The molecule has 0 radical (unpaired) electrons. The average molecular weight is 246 g/mol. The minimum atomic E-state index is 0.128. The molecule has 0 aliphatic carbocycles. The minimum absolute atomic E-state index is 0.128. The van der Waals surface area contributed by atoms with E-state index >= 15 is 0 Å². The van der Waals surface area contributed by atoms with Crippen LogP contribution in [0.5, 0.6) is 0 Å². The largest absolute Gasteiger partial charge is 0.376 e. The molecule has 2 N–H and O–H groups in total. The average Bonchev–Trinajstić information content (AvgIpc) is 2.33. The molecule has 0 aromatic rings. The molecule has 0 atom stereocenters. The van der Waals surface area contributed by atoms with Crippen LogP contribution in [0, 0.1) is 0 Å². The lowest BCUT2D eigenvalue weighted by atomic mass is 10.1. The third kappa shape index (κ3) is 6.35. The first-order valence-electron chi connectivity index (χ1n) is 5.91. The monoisotopic (exact) mass is 246 g/mol. The van der Waals surface area contributed by atoms with Crippen molar-refractivity contribution in [2.45, 2.75) is 25.4 Å². The standard InChI is InChI=1S/C11H22N2O2S/c1-16-9-4-11(14)13-7-8-15-10-2-5-12-6-3-10/h10,12H,2-9H2,1H3,(H,13,14). The van der Waals surface area contributed by atoms with E-state index in [-0.39, 0.29) is 5.91 Å². The normalized spacial score (nSPS) is 17.3. The molecular formula is C11H22N2O2S. The van der Waals surface area contributed by atoms with Crippen LogP contribution in [0.2, 0.25) is 0 Å². The summed E-state index contributed by atoms with van der Waals surface area (Å²) in [4.78, 5) is 11.3. The Labute approximate surface area is 102 Å². The van der Waals surface area contributed by atoms with E-state index in [0.29, 0.717) is 25.7 Å². The lowest BCUT2D eigenvalue weighted by Crippen LogP contribution is -2.34. The lowest BCUT2D eigenvalue weighted by molar-refractivity contribution is -0.121. The van der Waals surface area contributed by atoms with Gasteiger partial charge < -0.3 is 15.4 Å². The van der Waals surface area contributed by atoms with Gasteiger partial charge in [0.15, 0.2) is 0 Å². The molecule has 0 unspecified atom stereocenters. The lowest BCUT2D eigenvalue weighted by Gasteiger charge is -2.22. The highest BCUT2D eigenvalue weighted by atomic mass is 32.2. The smallest absolute Gasteiger partial charge is 0.220 e. The SMILES string of the molecule is CSCCC(=O)NCCOC1CCNCC1. The molecule has 0 bridgehead atoms. The van der Waals surface area contributed by atoms with Crippen molar-refractivity contribution >= 4 is 17.7 Å². The second-order valence-electron chi connectivity index (χ2n) is 3.91. The number of amides is 1. The van der Waals surface area contributed by atoms with Crippen LogP contribution in [0.25, 0.3) is 0 Å². The van der Waals surface area contributed by atoms with E-state index in [4.69, 9.17) is 4.74 Å². The highest BCUT2D eigenvalue weighted by Crippen LogP contribution is 2.06. The van der Waals surface area contributed by atoms with Crippen LogP contribution in [-0.4, -0.2) is 50.3 Å². The van der Waals surface area contributed by atoms with Crippen molar-refractivity contribution in [3.8, 4) is 0 Å². The van der Waals surface area contributed by atoms with Gasteiger partial charge in [-0.05, 0) is 32.2 Å². The van der Waals surface area contributed by atoms with E-state index < -0.39 is 0 Å². The molecular weight excluding hydrogens is 224 g/mol. The van der Waals surface area contributed by atoms with Gasteiger partial charge in [-0.15, -0.1) is 0 Å². The van der Waals surface area contributed by atoms with Gasteiger partial charge in [-0.25, -0.2) is 0 Å². The number of piperidine rings is 1. The highest BCUT2D eigenvalue weighted by molar-refractivity contribution is 7.98. The molecule has 1 amide bonds. The van der Waals surface area contributed by atoms with Gasteiger partial charge >= 0.3 is 0 Å². The van der Waals surface area contributed by atoms with Crippen LogP contribution < -0.4 is 10.6 Å². The second-order valence-corrected chi connectivity index (χ2v) is 4.90. The van der Waals surface area contributed by atoms with Gasteiger partial charge in [0.25, 0.3) is 0 Å². The minimum Gasteiger partial charge on any atom is -0.376 e. The summed E-state index contributed by atoms with van der Waals surface area (Å²) in [6.45, 7) is 3.36. The number of thioether (sulfide) groups is 1. The van der Waals surface area contributed by atoms with Crippen molar-refractivity contribution in [2.75, 3.05) is 38.2 Å². The van der Waals surface area contributed by atoms with E-state index in [0.717, 1.165) is 31.7 Å². The van der Waals surface area contributed by atoms with Gasteiger partial charge in [0.1, 0.15) is 0 Å². The Morgan fingerprint density at radius 2 is 2.25 bits per heavy atom. The van der Waals surface area contributed by atoms with E-state index in [1.165, 1.54) is 0 Å². The van der Waals surface area contributed by atoms with Crippen molar-refractivity contribution in [1.82, 2.24) is 10.6 Å². The topological polar surface area (TPSA) is 50.4 Å². The Balaban J connectivity index is 1.92. The third-order valence-electron chi connectivity index (χ3n) is 2.60. The summed E-state index contributed by atoms with van der Waals surface area (Å²) in [5.74, 6) is 1.02. The van der Waals surface area contributed by atoms with Crippen LogP contribution in [-0.2, 0) is 9.53 Å². The van der Waals surface area contributed by atoms with Crippen LogP contribution in [0.3, 0.4) is 0 Å². The molecule has 94 valence electrons. The first kappa shape index (κ1) is 13.8. The predicted octanol–water partition coefficient (Wildman–Crippen LogP) is 0.624. The number of rotatable bonds is 7. The molecule has 0 aromatic heterocycles. The number of nitrogens with one attached hydrogen (secondary N) is 2. The Bertz CT molecular complexity index is 196. The Morgan fingerprint density at radius 1 is 1.50 bits per heavy atom. The fourth-order valence-corrected chi connectivity index (χ4v) is 2.05. The fraction of sp³-hybridized carbons (Fsp3) is 0.909. The molecule has 0 saturated carbocycles. The fourth-order valence-electron chi connectivity index (χ4n) is 1.66.